The van der Waals surface area contributed by atoms with Gasteiger partial charge in [-0.3, -0.25) is 4.79 Å². The first-order valence-corrected chi connectivity index (χ1v) is 9.66. The van der Waals surface area contributed by atoms with E-state index in [0.717, 1.165) is 22.6 Å². The minimum absolute atomic E-state index is 0.0743. The van der Waals surface area contributed by atoms with Gasteiger partial charge in [-0.1, -0.05) is 47.7 Å². The number of fused-ring (bicyclic) bond motifs is 1. The van der Waals surface area contributed by atoms with Crippen LogP contribution >= 0.6 is 23.1 Å². The number of aromatic nitrogens is 1. The van der Waals surface area contributed by atoms with Crippen molar-refractivity contribution >= 4 is 44.4 Å². The largest absolute Gasteiger partial charge is 0.302 e. The van der Waals surface area contributed by atoms with Crippen LogP contribution in [0.15, 0.2) is 48.5 Å². The molecule has 0 aliphatic rings. The quantitative estimate of drug-likeness (QED) is 0.597. The fourth-order valence-corrected chi connectivity index (χ4v) is 4.07. The molecule has 0 spiro atoms. The number of anilines is 1. The molecule has 0 aliphatic carbocycles. The second-order valence-electron chi connectivity index (χ2n) is 5.30. The average molecular weight is 360 g/mol. The van der Waals surface area contributed by atoms with Gasteiger partial charge >= 0.3 is 0 Å². The molecule has 1 aromatic heterocycles. The van der Waals surface area contributed by atoms with Gasteiger partial charge < -0.3 is 5.32 Å². The zero-order valence-corrected chi connectivity index (χ0v) is 14.6. The summed E-state index contributed by atoms with van der Waals surface area (Å²) in [6, 6.07) is 15.1. The zero-order chi connectivity index (χ0) is 16.8. The van der Waals surface area contributed by atoms with E-state index in [9.17, 15) is 9.18 Å². The molecule has 1 N–H and O–H groups in total. The predicted molar refractivity (Wildman–Crippen MR) is 100 cm³/mol. The van der Waals surface area contributed by atoms with Crippen LogP contribution in [0.5, 0.6) is 0 Å². The molecule has 2 aromatic carbocycles. The van der Waals surface area contributed by atoms with Gasteiger partial charge in [0.25, 0.3) is 0 Å². The third kappa shape index (κ3) is 4.55. The topological polar surface area (TPSA) is 42.0 Å². The molecule has 1 amide bonds. The number of halogens is 1. The Morgan fingerprint density at radius 3 is 2.79 bits per heavy atom. The van der Waals surface area contributed by atoms with Crippen molar-refractivity contribution in [2.24, 2.45) is 0 Å². The highest BCUT2D eigenvalue weighted by Crippen LogP contribution is 2.27. The summed E-state index contributed by atoms with van der Waals surface area (Å²) in [6.07, 6.45) is 1.25. The van der Waals surface area contributed by atoms with Gasteiger partial charge in [0.1, 0.15) is 11.3 Å². The lowest BCUT2D eigenvalue weighted by Gasteiger charge is -2.03. The van der Waals surface area contributed by atoms with E-state index < -0.39 is 0 Å². The summed E-state index contributed by atoms with van der Waals surface area (Å²) in [6.45, 7) is 0. The van der Waals surface area contributed by atoms with Crippen molar-refractivity contribution < 1.29 is 9.18 Å². The molecule has 6 heteroatoms. The van der Waals surface area contributed by atoms with E-state index in [4.69, 9.17) is 0 Å². The van der Waals surface area contributed by atoms with Crippen LogP contribution in [-0.2, 0) is 10.5 Å². The molecule has 3 rings (SSSR count). The smallest absolute Gasteiger partial charge is 0.226 e. The summed E-state index contributed by atoms with van der Waals surface area (Å²) in [5.74, 6) is 1.45. The minimum Gasteiger partial charge on any atom is -0.302 e. The van der Waals surface area contributed by atoms with Crippen molar-refractivity contribution in [1.82, 2.24) is 4.98 Å². The molecule has 24 heavy (non-hydrogen) atoms. The lowest BCUT2D eigenvalue weighted by Crippen LogP contribution is -2.11. The first-order chi connectivity index (χ1) is 11.7. The van der Waals surface area contributed by atoms with Gasteiger partial charge in [0.2, 0.25) is 5.91 Å². The molecule has 0 atom stereocenters. The fourth-order valence-electron chi connectivity index (χ4n) is 2.25. The number of nitrogens with zero attached hydrogens (tertiary/aromatic N) is 1. The number of amides is 1. The highest BCUT2D eigenvalue weighted by Gasteiger charge is 2.10. The summed E-state index contributed by atoms with van der Waals surface area (Å²) in [5, 5.41) is 3.22. The van der Waals surface area contributed by atoms with E-state index in [1.165, 1.54) is 23.0 Å². The highest BCUT2D eigenvalue weighted by atomic mass is 32.2. The van der Waals surface area contributed by atoms with Crippen LogP contribution < -0.4 is 5.32 Å². The first kappa shape index (κ1) is 16.9. The molecule has 1 heterocycles. The monoisotopic (exact) mass is 360 g/mol. The molecule has 3 aromatic rings. The van der Waals surface area contributed by atoms with Gasteiger partial charge in [0.05, 0.1) is 4.70 Å². The maximum Gasteiger partial charge on any atom is 0.226 e. The van der Waals surface area contributed by atoms with Crippen molar-refractivity contribution in [2.75, 3.05) is 11.1 Å². The SMILES string of the molecule is O=C(CCCSCc1ccccc1)Nc1nc2c(F)cccc2s1. The van der Waals surface area contributed by atoms with E-state index in [0.29, 0.717) is 17.1 Å². The van der Waals surface area contributed by atoms with Crippen molar-refractivity contribution in [2.45, 2.75) is 18.6 Å². The van der Waals surface area contributed by atoms with Gasteiger partial charge in [-0.05, 0) is 29.9 Å². The molecule has 3 nitrogen and oxygen atoms in total. The summed E-state index contributed by atoms with van der Waals surface area (Å²) in [7, 11) is 0. The number of benzene rings is 2. The van der Waals surface area contributed by atoms with Crippen LogP contribution in [-0.4, -0.2) is 16.6 Å². The van der Waals surface area contributed by atoms with Gasteiger partial charge in [-0.15, -0.1) is 0 Å². The number of carbonyl (C=O) groups is 1. The number of rotatable bonds is 7. The molecule has 0 unspecified atom stereocenters. The lowest BCUT2D eigenvalue weighted by atomic mass is 10.2. The summed E-state index contributed by atoms with van der Waals surface area (Å²) < 4.78 is 14.3. The van der Waals surface area contributed by atoms with E-state index in [2.05, 4.69) is 22.4 Å². The van der Waals surface area contributed by atoms with E-state index in [1.807, 2.05) is 30.0 Å². The normalized spacial score (nSPS) is 10.9. The Hall–Kier alpha value is -1.92. The Bertz CT molecular complexity index is 820. The van der Waals surface area contributed by atoms with E-state index in [1.54, 1.807) is 12.1 Å². The standard InChI is InChI=1S/C18H17FN2OS2/c19-14-8-4-9-15-17(14)21-18(24-15)20-16(22)10-5-11-23-12-13-6-2-1-3-7-13/h1-4,6-9H,5,10-12H2,(H,20,21,22). The van der Waals surface area contributed by atoms with Crippen molar-refractivity contribution in [3.63, 3.8) is 0 Å². The van der Waals surface area contributed by atoms with Crippen LogP contribution in [0.4, 0.5) is 9.52 Å². The zero-order valence-electron chi connectivity index (χ0n) is 13.0. The number of hydrogen-bond donors (Lipinski definition) is 1. The molecular formula is C18H17FN2OS2. The van der Waals surface area contributed by atoms with Crippen LogP contribution in [0.25, 0.3) is 10.2 Å². The second-order valence-corrected chi connectivity index (χ2v) is 7.43. The van der Waals surface area contributed by atoms with Crippen LogP contribution in [0.2, 0.25) is 0 Å². The summed E-state index contributed by atoms with van der Waals surface area (Å²) in [5.41, 5.74) is 1.61. The molecule has 124 valence electrons. The molecule has 0 bridgehead atoms. The summed E-state index contributed by atoms with van der Waals surface area (Å²) in [4.78, 5) is 16.1. The lowest BCUT2D eigenvalue weighted by molar-refractivity contribution is -0.116. The fraction of sp³-hybridized carbons (Fsp3) is 0.222. The van der Waals surface area contributed by atoms with Crippen LogP contribution in [0, 0.1) is 5.82 Å². The average Bonchev–Trinajstić information content (AvgIpc) is 2.99. The van der Waals surface area contributed by atoms with Crippen LogP contribution in [0.3, 0.4) is 0 Å². The van der Waals surface area contributed by atoms with Gasteiger partial charge in [0.15, 0.2) is 5.13 Å². The maximum absolute atomic E-state index is 13.6. The Balaban J connectivity index is 1.41. The predicted octanol–water partition coefficient (Wildman–Crippen LogP) is 5.09. The number of nitrogens with one attached hydrogen (secondary N) is 1. The molecule has 0 saturated carbocycles. The number of para-hydroxylation sites is 1. The second kappa shape index (κ2) is 8.26. The minimum atomic E-state index is -0.360. The molecule has 0 fully saturated rings. The molecule has 0 radical (unpaired) electrons. The number of thiazole rings is 1. The van der Waals surface area contributed by atoms with Gasteiger partial charge in [-0.2, -0.15) is 11.8 Å². The Morgan fingerprint density at radius 1 is 1.17 bits per heavy atom. The number of carbonyl (C=O) groups excluding carboxylic acids is 1. The van der Waals surface area contributed by atoms with Crippen molar-refractivity contribution in [3.05, 3.63) is 59.9 Å². The Labute approximate surface area is 148 Å². The van der Waals surface area contributed by atoms with E-state index in [-0.39, 0.29) is 11.7 Å². The first-order valence-electron chi connectivity index (χ1n) is 7.69. The molecule has 0 saturated heterocycles. The summed E-state index contributed by atoms with van der Waals surface area (Å²) >= 11 is 3.11. The van der Waals surface area contributed by atoms with Crippen molar-refractivity contribution in [3.8, 4) is 0 Å². The number of hydrogen-bond acceptors (Lipinski definition) is 4. The van der Waals surface area contributed by atoms with Crippen LogP contribution in [0.1, 0.15) is 18.4 Å². The molecule has 0 aliphatic heterocycles. The van der Waals surface area contributed by atoms with E-state index >= 15 is 0 Å². The number of thioether (sulfide) groups is 1. The van der Waals surface area contributed by atoms with Crippen molar-refractivity contribution in [1.29, 1.82) is 0 Å². The highest BCUT2D eigenvalue weighted by molar-refractivity contribution is 7.98. The van der Waals surface area contributed by atoms with Gasteiger partial charge in [-0.25, -0.2) is 9.37 Å². The Morgan fingerprint density at radius 2 is 2.00 bits per heavy atom. The Kier molecular flexibility index (Phi) is 5.82. The maximum atomic E-state index is 13.6. The third-order valence-electron chi connectivity index (χ3n) is 3.42. The molecular weight excluding hydrogens is 343 g/mol. The van der Waals surface area contributed by atoms with Gasteiger partial charge in [0, 0.05) is 12.2 Å². The third-order valence-corrected chi connectivity index (χ3v) is 5.47.